The van der Waals surface area contributed by atoms with Crippen LogP contribution >= 0.6 is 23.2 Å². The fraction of sp³-hybridized carbons (Fsp3) is 0.0909. The first kappa shape index (κ1) is 18.5. The van der Waals surface area contributed by atoms with Gasteiger partial charge in [0, 0.05) is 27.7 Å². The summed E-state index contributed by atoms with van der Waals surface area (Å²) in [5, 5.41) is 3.97. The quantitative estimate of drug-likeness (QED) is 0.562. The van der Waals surface area contributed by atoms with Crippen molar-refractivity contribution < 1.29 is 14.3 Å². The van der Waals surface area contributed by atoms with Crippen molar-refractivity contribution in [3.05, 3.63) is 99.0 Å². The topological polar surface area (TPSA) is 55.4 Å². The lowest BCUT2D eigenvalue weighted by molar-refractivity contribution is 0.0252. The molecule has 28 heavy (non-hydrogen) atoms. The Kier molecular flexibility index (Phi) is 5.07. The van der Waals surface area contributed by atoms with E-state index < -0.39 is 12.1 Å². The molecule has 4 nitrogen and oxygen atoms in total. The zero-order valence-corrected chi connectivity index (χ0v) is 16.1. The number of ether oxygens (including phenoxy) is 1. The van der Waals surface area contributed by atoms with Crippen molar-refractivity contribution in [2.24, 2.45) is 0 Å². The first-order valence-electron chi connectivity index (χ1n) is 8.66. The lowest BCUT2D eigenvalue weighted by atomic mass is 9.93. The summed E-state index contributed by atoms with van der Waals surface area (Å²) >= 11 is 11.9. The van der Waals surface area contributed by atoms with Gasteiger partial charge in [-0.25, -0.2) is 4.79 Å². The summed E-state index contributed by atoms with van der Waals surface area (Å²) < 4.78 is 5.55. The second kappa shape index (κ2) is 7.66. The number of nitrogens with one attached hydrogen (secondary N) is 1. The molecule has 1 aliphatic rings. The highest BCUT2D eigenvalue weighted by atomic mass is 35.5. The van der Waals surface area contributed by atoms with Gasteiger partial charge in [-0.2, -0.15) is 0 Å². The van der Waals surface area contributed by atoms with Gasteiger partial charge in [-0.05, 0) is 59.7 Å². The molecule has 0 radical (unpaired) electrons. The molecule has 0 aliphatic carbocycles. The van der Waals surface area contributed by atoms with Crippen LogP contribution in [-0.4, -0.2) is 11.9 Å². The first-order valence-corrected chi connectivity index (χ1v) is 9.41. The van der Waals surface area contributed by atoms with Gasteiger partial charge in [-0.3, -0.25) is 4.79 Å². The van der Waals surface area contributed by atoms with Gasteiger partial charge in [0.1, 0.15) is 6.10 Å². The zero-order chi connectivity index (χ0) is 19.7. The molecule has 1 heterocycles. The number of amides is 1. The number of carbonyl (C=O) groups excluding carboxylic acids is 2. The maximum Gasteiger partial charge on any atom is 0.339 e. The molecule has 4 rings (SSSR count). The summed E-state index contributed by atoms with van der Waals surface area (Å²) in [7, 11) is 0. The molecule has 3 aromatic rings. The van der Waals surface area contributed by atoms with Crippen molar-refractivity contribution in [2.75, 3.05) is 5.32 Å². The number of anilines is 1. The van der Waals surface area contributed by atoms with Gasteiger partial charge in [-0.15, -0.1) is 0 Å². The van der Waals surface area contributed by atoms with Gasteiger partial charge in [0.05, 0.1) is 5.56 Å². The van der Waals surface area contributed by atoms with E-state index in [1.165, 1.54) is 0 Å². The van der Waals surface area contributed by atoms with Gasteiger partial charge in [0.2, 0.25) is 0 Å². The van der Waals surface area contributed by atoms with E-state index in [4.69, 9.17) is 27.9 Å². The summed E-state index contributed by atoms with van der Waals surface area (Å²) in [6.07, 6.45) is 0.0737. The van der Waals surface area contributed by atoms with E-state index in [2.05, 4.69) is 5.32 Å². The Balaban J connectivity index is 1.58. The van der Waals surface area contributed by atoms with Crippen LogP contribution in [0.2, 0.25) is 10.0 Å². The molecular formula is C22H15Cl2NO3. The summed E-state index contributed by atoms with van der Waals surface area (Å²) in [5.41, 5.74) is 3.17. The van der Waals surface area contributed by atoms with Crippen molar-refractivity contribution in [1.82, 2.24) is 0 Å². The second-order valence-corrected chi connectivity index (χ2v) is 7.36. The number of carbonyl (C=O) groups is 2. The molecule has 1 aliphatic heterocycles. The van der Waals surface area contributed by atoms with Gasteiger partial charge in [0.15, 0.2) is 0 Å². The van der Waals surface area contributed by atoms with E-state index >= 15 is 0 Å². The maximum atomic E-state index is 12.6. The van der Waals surface area contributed by atoms with Crippen LogP contribution in [0.3, 0.4) is 0 Å². The molecule has 6 heteroatoms. The minimum Gasteiger partial charge on any atom is -0.454 e. The van der Waals surface area contributed by atoms with E-state index in [-0.39, 0.29) is 5.91 Å². The number of hydrogen-bond acceptors (Lipinski definition) is 3. The Morgan fingerprint density at radius 1 is 0.964 bits per heavy atom. The molecule has 0 saturated carbocycles. The monoisotopic (exact) mass is 411 g/mol. The van der Waals surface area contributed by atoms with Crippen molar-refractivity contribution in [2.45, 2.75) is 12.5 Å². The molecule has 140 valence electrons. The summed E-state index contributed by atoms with van der Waals surface area (Å²) in [5.74, 6) is -0.671. The molecule has 1 N–H and O–H groups in total. The molecule has 3 aromatic carbocycles. The maximum absolute atomic E-state index is 12.6. The first-order chi connectivity index (χ1) is 13.5. The minimum absolute atomic E-state index is 0.271. The lowest BCUT2D eigenvalue weighted by Crippen LogP contribution is -2.23. The fourth-order valence-electron chi connectivity index (χ4n) is 3.17. The average Bonchev–Trinajstić information content (AvgIpc) is 2.68. The van der Waals surface area contributed by atoms with Crippen molar-refractivity contribution >= 4 is 40.8 Å². The van der Waals surface area contributed by atoms with Crippen LogP contribution in [0, 0.1) is 0 Å². The Labute approximate surface area is 172 Å². The largest absolute Gasteiger partial charge is 0.454 e. The number of rotatable bonds is 3. The van der Waals surface area contributed by atoms with E-state index in [0.29, 0.717) is 33.3 Å². The molecule has 1 unspecified atom stereocenters. The Bertz CT molecular complexity index is 1060. The van der Waals surface area contributed by atoms with Crippen molar-refractivity contribution in [3.63, 3.8) is 0 Å². The highest BCUT2D eigenvalue weighted by Crippen LogP contribution is 2.32. The van der Waals surface area contributed by atoms with Crippen molar-refractivity contribution in [1.29, 1.82) is 0 Å². The van der Waals surface area contributed by atoms with Gasteiger partial charge in [0.25, 0.3) is 5.91 Å². The SMILES string of the molecule is O=C(Nc1cccc(Cl)c1)c1ccc2c(c1)CC(c1ccc(Cl)cc1)OC2=O. The van der Waals surface area contributed by atoms with E-state index in [9.17, 15) is 9.59 Å². The Morgan fingerprint density at radius 2 is 1.75 bits per heavy atom. The third kappa shape index (κ3) is 3.88. The number of hydrogen-bond donors (Lipinski definition) is 1. The van der Waals surface area contributed by atoms with Crippen LogP contribution in [0.15, 0.2) is 66.7 Å². The molecule has 0 spiro atoms. The van der Waals surface area contributed by atoms with Gasteiger partial charge < -0.3 is 10.1 Å². The summed E-state index contributed by atoms with van der Waals surface area (Å²) in [4.78, 5) is 25.0. The highest BCUT2D eigenvalue weighted by Gasteiger charge is 2.28. The highest BCUT2D eigenvalue weighted by molar-refractivity contribution is 6.31. The van der Waals surface area contributed by atoms with Crippen LogP contribution in [0.25, 0.3) is 0 Å². The van der Waals surface area contributed by atoms with E-state index in [1.807, 2.05) is 12.1 Å². The van der Waals surface area contributed by atoms with Crippen LogP contribution in [0.5, 0.6) is 0 Å². The van der Waals surface area contributed by atoms with Crippen LogP contribution in [0.1, 0.15) is 37.9 Å². The van der Waals surface area contributed by atoms with E-state index in [1.54, 1.807) is 54.6 Å². The zero-order valence-electron chi connectivity index (χ0n) is 14.6. The summed E-state index contributed by atoms with van der Waals surface area (Å²) in [6, 6.07) is 19.1. The molecule has 1 amide bonds. The Hall–Kier alpha value is -2.82. The molecule has 1 atom stereocenters. The molecular weight excluding hydrogens is 397 g/mol. The predicted molar refractivity (Wildman–Crippen MR) is 109 cm³/mol. The van der Waals surface area contributed by atoms with Crippen LogP contribution < -0.4 is 5.32 Å². The molecule has 0 saturated heterocycles. The number of cyclic esters (lactones) is 1. The summed E-state index contributed by atoms with van der Waals surface area (Å²) in [6.45, 7) is 0. The smallest absolute Gasteiger partial charge is 0.339 e. The third-order valence-corrected chi connectivity index (χ3v) is 5.05. The number of benzene rings is 3. The standard InChI is InChI=1S/C22H15Cl2NO3/c23-16-7-4-13(5-8-16)20-11-15-10-14(6-9-19(15)22(27)28-20)21(26)25-18-3-1-2-17(24)12-18/h1-10,12,20H,11H2,(H,25,26). The predicted octanol–water partition coefficient (Wildman–Crippen LogP) is 5.70. The lowest BCUT2D eigenvalue weighted by Gasteiger charge is -2.25. The Morgan fingerprint density at radius 3 is 2.50 bits per heavy atom. The molecule has 0 bridgehead atoms. The van der Waals surface area contributed by atoms with E-state index in [0.717, 1.165) is 11.1 Å². The van der Waals surface area contributed by atoms with Gasteiger partial charge >= 0.3 is 5.97 Å². The normalized spacial score (nSPS) is 15.5. The molecule has 0 fully saturated rings. The van der Waals surface area contributed by atoms with Crippen LogP contribution in [-0.2, 0) is 11.2 Å². The minimum atomic E-state index is -0.413. The van der Waals surface area contributed by atoms with Crippen LogP contribution in [0.4, 0.5) is 5.69 Å². The second-order valence-electron chi connectivity index (χ2n) is 6.49. The molecule has 0 aromatic heterocycles. The van der Waals surface area contributed by atoms with Crippen molar-refractivity contribution in [3.8, 4) is 0 Å². The number of esters is 1. The number of halogens is 2. The number of fused-ring (bicyclic) bond motifs is 1. The fourth-order valence-corrected chi connectivity index (χ4v) is 3.49. The average molecular weight is 412 g/mol. The third-order valence-electron chi connectivity index (χ3n) is 4.57. The van der Waals surface area contributed by atoms with Gasteiger partial charge in [-0.1, -0.05) is 41.4 Å².